The van der Waals surface area contributed by atoms with Gasteiger partial charge in [0.05, 0.1) is 26.2 Å². The van der Waals surface area contributed by atoms with Gasteiger partial charge in [0.15, 0.2) is 6.23 Å². The molecule has 0 bridgehead atoms. The number of hydrazine groups is 1. The molecule has 4 N–H and O–H groups in total. The average Bonchev–Trinajstić information content (AvgIpc) is 3.38. The normalized spacial score (nSPS) is 27.1. The second kappa shape index (κ2) is 8.06. The molecule has 3 heterocycles. The summed E-state index contributed by atoms with van der Waals surface area (Å²) in [6.07, 6.45) is -0.709. The summed E-state index contributed by atoms with van der Waals surface area (Å²) in [6, 6.07) is 16.2. The number of carbonyl (C=O) groups excluding carboxylic acids is 2. The summed E-state index contributed by atoms with van der Waals surface area (Å²) in [5.74, 6) is -1.04. The standard InChI is InChI=1S/C24H23N5O5/c1-32-14-9-7-13(8-10-14)20-19-22(28-27-20)34-21(26)16(11-25)24(19)15-5-3-4-6-17(15)29(23(24)31)12-18(30)33-2/h3-10,19-20,22,27-28H,12,26H2,1-2H3. The van der Waals surface area contributed by atoms with Gasteiger partial charge in [-0.25, -0.2) is 10.9 Å². The largest absolute Gasteiger partial charge is 0.497 e. The number of carbonyl (C=O) groups is 2. The molecule has 3 aliphatic rings. The molecular formula is C24H23N5O5. The summed E-state index contributed by atoms with van der Waals surface area (Å²) in [5, 5.41) is 10.2. The average molecular weight is 461 g/mol. The highest BCUT2D eigenvalue weighted by atomic mass is 16.5. The Balaban J connectivity index is 1.73. The van der Waals surface area contributed by atoms with Gasteiger partial charge in [-0.05, 0) is 29.3 Å². The van der Waals surface area contributed by atoms with Gasteiger partial charge in [0.25, 0.3) is 0 Å². The summed E-state index contributed by atoms with van der Waals surface area (Å²) < 4.78 is 16.0. The highest BCUT2D eigenvalue weighted by Crippen LogP contribution is 2.58. The van der Waals surface area contributed by atoms with E-state index in [4.69, 9.17) is 19.9 Å². The second-order valence-corrected chi connectivity index (χ2v) is 8.25. The number of anilines is 1. The quantitative estimate of drug-likeness (QED) is 0.568. The fraction of sp³-hybridized carbons (Fsp3) is 0.292. The maximum absolute atomic E-state index is 14.3. The van der Waals surface area contributed by atoms with Crippen LogP contribution in [0.15, 0.2) is 60.0 Å². The maximum atomic E-state index is 14.3. The number of fused-ring (bicyclic) bond motifs is 4. The summed E-state index contributed by atoms with van der Waals surface area (Å²) >= 11 is 0. The van der Waals surface area contributed by atoms with Crippen molar-refractivity contribution in [2.75, 3.05) is 25.7 Å². The zero-order valence-corrected chi connectivity index (χ0v) is 18.6. The molecule has 4 atom stereocenters. The summed E-state index contributed by atoms with van der Waals surface area (Å²) in [6.45, 7) is -0.293. The third kappa shape index (κ3) is 2.88. The summed E-state index contributed by atoms with van der Waals surface area (Å²) in [7, 11) is 2.85. The van der Waals surface area contributed by atoms with Crippen LogP contribution in [0.4, 0.5) is 5.69 Å². The molecule has 1 saturated heterocycles. The number of nitriles is 1. The Morgan fingerprint density at radius 3 is 2.62 bits per heavy atom. The molecule has 0 aliphatic carbocycles. The van der Waals surface area contributed by atoms with Crippen molar-refractivity contribution in [2.24, 2.45) is 11.7 Å². The van der Waals surface area contributed by atoms with Crippen LogP contribution in [0.1, 0.15) is 17.2 Å². The van der Waals surface area contributed by atoms with E-state index in [0.29, 0.717) is 17.0 Å². The zero-order valence-electron chi connectivity index (χ0n) is 18.6. The Hall–Kier alpha value is -4.07. The molecule has 34 heavy (non-hydrogen) atoms. The summed E-state index contributed by atoms with van der Waals surface area (Å²) in [5.41, 5.74) is 13.0. The highest BCUT2D eigenvalue weighted by molar-refractivity contribution is 6.13. The number of hydrogen-bond acceptors (Lipinski definition) is 9. The number of hydrogen-bond donors (Lipinski definition) is 3. The molecule has 1 amide bonds. The van der Waals surface area contributed by atoms with Crippen molar-refractivity contribution >= 4 is 17.6 Å². The third-order valence-corrected chi connectivity index (χ3v) is 6.76. The Morgan fingerprint density at radius 1 is 1.21 bits per heavy atom. The molecule has 1 fully saturated rings. The first-order chi connectivity index (χ1) is 16.5. The van der Waals surface area contributed by atoms with E-state index in [1.54, 1.807) is 31.4 Å². The van der Waals surface area contributed by atoms with Crippen LogP contribution in [0, 0.1) is 17.2 Å². The third-order valence-electron chi connectivity index (χ3n) is 6.76. The minimum atomic E-state index is -1.48. The monoisotopic (exact) mass is 461 g/mol. The van der Waals surface area contributed by atoms with Crippen LogP contribution in [0.25, 0.3) is 0 Å². The van der Waals surface area contributed by atoms with E-state index in [-0.39, 0.29) is 18.0 Å². The Labute approximate surface area is 195 Å². The lowest BCUT2D eigenvalue weighted by atomic mass is 9.62. The fourth-order valence-electron chi connectivity index (χ4n) is 5.30. The minimum Gasteiger partial charge on any atom is -0.497 e. The molecule has 2 aromatic carbocycles. The first kappa shape index (κ1) is 21.8. The molecule has 0 aromatic heterocycles. The summed E-state index contributed by atoms with van der Waals surface area (Å²) in [4.78, 5) is 27.8. The van der Waals surface area contributed by atoms with E-state index in [2.05, 4.69) is 16.9 Å². The molecule has 10 heteroatoms. The number of nitrogens with two attached hydrogens (primary N) is 1. The van der Waals surface area contributed by atoms with E-state index in [9.17, 15) is 14.9 Å². The number of ether oxygens (including phenoxy) is 3. The van der Waals surface area contributed by atoms with Crippen LogP contribution in [0.3, 0.4) is 0 Å². The Kier molecular flexibility index (Phi) is 5.16. The topological polar surface area (TPSA) is 139 Å². The van der Waals surface area contributed by atoms with Crippen molar-refractivity contribution < 1.29 is 23.8 Å². The predicted octanol–water partition coefficient (Wildman–Crippen LogP) is 0.968. The minimum absolute atomic E-state index is 0.0163. The Bertz CT molecular complexity index is 1240. The lowest BCUT2D eigenvalue weighted by Gasteiger charge is -2.42. The van der Waals surface area contributed by atoms with Crippen molar-refractivity contribution in [1.82, 2.24) is 10.9 Å². The van der Waals surface area contributed by atoms with Crippen LogP contribution in [0.2, 0.25) is 0 Å². The van der Waals surface area contributed by atoms with E-state index in [1.165, 1.54) is 12.0 Å². The number of methoxy groups -OCH3 is 2. The molecule has 4 unspecified atom stereocenters. The highest BCUT2D eigenvalue weighted by Gasteiger charge is 2.67. The second-order valence-electron chi connectivity index (χ2n) is 8.25. The first-order valence-corrected chi connectivity index (χ1v) is 10.7. The lowest BCUT2D eigenvalue weighted by molar-refractivity contribution is -0.140. The van der Waals surface area contributed by atoms with Gasteiger partial charge in [0, 0.05) is 5.69 Å². The zero-order chi connectivity index (χ0) is 24.0. The molecule has 2 aromatic rings. The van der Waals surface area contributed by atoms with Crippen molar-refractivity contribution in [2.45, 2.75) is 17.7 Å². The lowest BCUT2D eigenvalue weighted by Crippen LogP contribution is -2.56. The number of esters is 1. The van der Waals surface area contributed by atoms with Gasteiger partial charge >= 0.3 is 5.97 Å². The van der Waals surface area contributed by atoms with E-state index >= 15 is 0 Å². The van der Waals surface area contributed by atoms with Crippen molar-refractivity contribution in [3.8, 4) is 11.8 Å². The molecule has 174 valence electrons. The van der Waals surface area contributed by atoms with Crippen LogP contribution >= 0.6 is 0 Å². The number of benzene rings is 2. The van der Waals surface area contributed by atoms with Crippen molar-refractivity contribution in [1.29, 1.82) is 5.26 Å². The number of nitrogens with zero attached hydrogens (tertiary/aromatic N) is 2. The van der Waals surface area contributed by atoms with Gasteiger partial charge in [-0.2, -0.15) is 5.26 Å². The number of amides is 1. The van der Waals surface area contributed by atoms with Gasteiger partial charge in [-0.1, -0.05) is 30.3 Å². The number of nitrogens with one attached hydrogen (secondary N) is 2. The van der Waals surface area contributed by atoms with Crippen molar-refractivity contribution in [3.05, 3.63) is 71.1 Å². The molecule has 3 aliphatic heterocycles. The molecular weight excluding hydrogens is 438 g/mol. The molecule has 0 saturated carbocycles. The number of rotatable bonds is 4. The van der Waals surface area contributed by atoms with Crippen molar-refractivity contribution in [3.63, 3.8) is 0 Å². The first-order valence-electron chi connectivity index (χ1n) is 10.7. The Morgan fingerprint density at radius 2 is 1.94 bits per heavy atom. The molecule has 10 nitrogen and oxygen atoms in total. The molecule has 0 radical (unpaired) electrons. The van der Waals surface area contributed by atoms with Crippen LogP contribution in [-0.2, 0) is 24.5 Å². The van der Waals surface area contributed by atoms with Gasteiger partial charge < -0.3 is 19.9 Å². The van der Waals surface area contributed by atoms with Gasteiger partial charge in [-0.15, -0.1) is 0 Å². The molecule has 5 rings (SSSR count). The number of para-hydroxylation sites is 1. The van der Waals surface area contributed by atoms with Crippen LogP contribution in [0.5, 0.6) is 5.75 Å². The maximum Gasteiger partial charge on any atom is 0.325 e. The van der Waals surface area contributed by atoms with Gasteiger partial charge in [0.1, 0.15) is 29.4 Å². The van der Waals surface area contributed by atoms with Gasteiger partial charge in [0.2, 0.25) is 11.8 Å². The smallest absolute Gasteiger partial charge is 0.325 e. The van der Waals surface area contributed by atoms with Crippen LogP contribution in [-0.4, -0.2) is 38.9 Å². The van der Waals surface area contributed by atoms with E-state index in [0.717, 1.165) is 5.56 Å². The van der Waals surface area contributed by atoms with Crippen LogP contribution < -0.4 is 26.2 Å². The van der Waals surface area contributed by atoms with E-state index in [1.807, 2.05) is 24.3 Å². The molecule has 1 spiro atoms. The predicted molar refractivity (Wildman–Crippen MR) is 120 cm³/mol. The fourth-order valence-corrected chi connectivity index (χ4v) is 5.30. The SMILES string of the molecule is COC(=O)CN1C(=O)C2(C(C#N)=C(N)OC3NNC(c4ccc(OC)cc4)C32)c2ccccc21. The van der Waals surface area contributed by atoms with Gasteiger partial charge in [-0.3, -0.25) is 14.5 Å². The van der Waals surface area contributed by atoms with E-state index < -0.39 is 35.5 Å².